The van der Waals surface area contributed by atoms with Gasteiger partial charge >= 0.3 is 12.3 Å². The Labute approximate surface area is 279 Å². The van der Waals surface area contributed by atoms with Gasteiger partial charge in [0.2, 0.25) is 11.8 Å². The van der Waals surface area contributed by atoms with Crippen LogP contribution in [0, 0.1) is 11.3 Å². The summed E-state index contributed by atoms with van der Waals surface area (Å²) < 4.78 is 79.5. The van der Waals surface area contributed by atoms with Crippen LogP contribution < -0.4 is 14.2 Å². The van der Waals surface area contributed by atoms with E-state index in [-0.39, 0.29) is 66.7 Å². The van der Waals surface area contributed by atoms with E-state index in [9.17, 15) is 36.3 Å². The minimum Gasteiger partial charge on any atom is -0.478 e. The number of halogens is 4. The molecule has 3 aromatic heterocycles. The lowest BCUT2D eigenvalue weighted by atomic mass is 9.93. The number of nitrogens with one attached hydrogen (secondary N) is 1. The van der Waals surface area contributed by atoms with Gasteiger partial charge < -0.3 is 19.5 Å². The van der Waals surface area contributed by atoms with Crippen molar-refractivity contribution in [1.29, 1.82) is 0 Å². The highest BCUT2D eigenvalue weighted by Crippen LogP contribution is 2.59. The Morgan fingerprint density at radius 2 is 1.81 bits per heavy atom. The van der Waals surface area contributed by atoms with E-state index in [1.54, 1.807) is 0 Å². The summed E-state index contributed by atoms with van der Waals surface area (Å²) >= 11 is 6.21. The van der Waals surface area contributed by atoms with Gasteiger partial charge in [-0.05, 0) is 76.5 Å². The van der Waals surface area contributed by atoms with Crippen molar-refractivity contribution in [1.82, 2.24) is 29.4 Å². The minimum absolute atomic E-state index is 0.0308. The predicted molar refractivity (Wildman–Crippen MR) is 165 cm³/mol. The maximum atomic E-state index is 13.1. The zero-order valence-corrected chi connectivity index (χ0v) is 27.6. The molecule has 2 amide bonds. The zero-order chi connectivity index (χ0) is 34.9. The zero-order valence-electron chi connectivity index (χ0n) is 26.0. The molecule has 1 saturated carbocycles. The van der Waals surface area contributed by atoms with Crippen LogP contribution in [0.15, 0.2) is 47.6 Å². The van der Waals surface area contributed by atoms with Crippen LogP contribution in [-0.2, 0) is 10.0 Å². The van der Waals surface area contributed by atoms with E-state index in [0.717, 1.165) is 12.8 Å². The number of aromatic nitrogens is 4. The van der Waals surface area contributed by atoms with Crippen LogP contribution in [0.2, 0.25) is 5.15 Å². The standard InChI is InChI=1S/C30H34ClF3N6O7S/c1-28(2)17-19(18-39(28)27(42)43)5-4-15-46-22-6-3-7-24(36-22)48(44,45)38-26(41)20-8-9-21(35-25(20)31)40-14-10-23(37-40)47-16-13-29(11-12-29)30(32,33)34/h3,6-10,14,19H,4-5,11-13,15-18H2,1-2H3,(H,38,41)(H,42,43)/t19-/m0/s1. The summed E-state index contributed by atoms with van der Waals surface area (Å²) in [7, 11) is -4.44. The average Bonchev–Trinajstić information content (AvgIpc) is 3.55. The van der Waals surface area contributed by atoms with E-state index in [1.165, 1.54) is 52.2 Å². The molecule has 1 atom stereocenters. The molecule has 0 spiro atoms. The number of carboxylic acid groups (broad SMARTS) is 1. The van der Waals surface area contributed by atoms with Crippen molar-refractivity contribution < 1.29 is 45.8 Å². The van der Waals surface area contributed by atoms with E-state index in [4.69, 9.17) is 21.1 Å². The fourth-order valence-electron chi connectivity index (χ4n) is 5.73. The third-order valence-corrected chi connectivity index (χ3v) is 10.1. The number of ether oxygens (including phenoxy) is 2. The number of rotatable bonds is 13. The molecule has 1 aliphatic heterocycles. The summed E-state index contributed by atoms with van der Waals surface area (Å²) in [6, 6.07) is 8.11. The number of sulfonamides is 1. The van der Waals surface area contributed by atoms with Crippen LogP contribution in [0.5, 0.6) is 11.8 Å². The molecule has 48 heavy (non-hydrogen) atoms. The molecule has 18 heteroatoms. The number of carbonyl (C=O) groups is 2. The number of pyridine rings is 2. The van der Waals surface area contributed by atoms with Crippen molar-refractivity contribution in [2.45, 2.75) is 69.1 Å². The van der Waals surface area contributed by atoms with E-state index in [1.807, 2.05) is 18.6 Å². The highest BCUT2D eigenvalue weighted by molar-refractivity contribution is 7.90. The maximum Gasteiger partial charge on any atom is 0.407 e. The van der Waals surface area contributed by atoms with Crippen LogP contribution in [0.25, 0.3) is 5.82 Å². The number of hydrogen-bond acceptors (Lipinski definition) is 9. The van der Waals surface area contributed by atoms with Crippen LogP contribution >= 0.6 is 11.6 Å². The van der Waals surface area contributed by atoms with Gasteiger partial charge in [-0.15, -0.1) is 5.10 Å². The van der Waals surface area contributed by atoms with Crippen molar-refractivity contribution in [3.05, 3.63) is 53.3 Å². The van der Waals surface area contributed by atoms with Gasteiger partial charge in [-0.1, -0.05) is 17.7 Å². The van der Waals surface area contributed by atoms with Crippen LogP contribution in [0.4, 0.5) is 18.0 Å². The van der Waals surface area contributed by atoms with E-state index in [2.05, 4.69) is 15.1 Å². The molecule has 0 unspecified atom stereocenters. The van der Waals surface area contributed by atoms with Gasteiger partial charge in [-0.3, -0.25) is 4.79 Å². The van der Waals surface area contributed by atoms with Crippen molar-refractivity contribution in [2.75, 3.05) is 19.8 Å². The number of amides is 2. The Bertz CT molecular complexity index is 1780. The van der Waals surface area contributed by atoms with Crippen LogP contribution in [0.1, 0.15) is 62.7 Å². The van der Waals surface area contributed by atoms with Gasteiger partial charge in [0.15, 0.2) is 10.8 Å². The van der Waals surface area contributed by atoms with Gasteiger partial charge in [-0.2, -0.15) is 26.6 Å². The number of likely N-dealkylation sites (tertiary alicyclic amines) is 1. The summed E-state index contributed by atoms with van der Waals surface area (Å²) in [5.74, 6) is -0.642. The van der Waals surface area contributed by atoms with E-state index in [0.29, 0.717) is 13.0 Å². The predicted octanol–water partition coefficient (Wildman–Crippen LogP) is 5.48. The molecule has 2 aliphatic rings. The first-order valence-electron chi connectivity index (χ1n) is 15.1. The molecule has 260 valence electrons. The summed E-state index contributed by atoms with van der Waals surface area (Å²) in [6.07, 6.45) is -1.76. The summed E-state index contributed by atoms with van der Waals surface area (Å²) in [6.45, 7) is 4.27. The van der Waals surface area contributed by atoms with Crippen molar-refractivity contribution >= 4 is 33.6 Å². The molecule has 5 rings (SSSR count). The fraction of sp³-hybridized carbons (Fsp3) is 0.500. The molecular weight excluding hydrogens is 681 g/mol. The molecule has 4 heterocycles. The summed E-state index contributed by atoms with van der Waals surface area (Å²) in [4.78, 5) is 33.9. The fourth-order valence-corrected chi connectivity index (χ4v) is 6.89. The summed E-state index contributed by atoms with van der Waals surface area (Å²) in [5.41, 5.74) is -2.39. The third kappa shape index (κ3) is 7.94. The molecular formula is C30H34ClF3N6O7S. The Morgan fingerprint density at radius 3 is 2.46 bits per heavy atom. The first kappa shape index (κ1) is 35.2. The monoisotopic (exact) mass is 714 g/mol. The molecule has 0 bridgehead atoms. The summed E-state index contributed by atoms with van der Waals surface area (Å²) in [5, 5.41) is 12.7. The Balaban J connectivity index is 1.13. The third-order valence-electron chi connectivity index (χ3n) is 8.56. The minimum atomic E-state index is -4.44. The lowest BCUT2D eigenvalue weighted by Crippen LogP contribution is -2.41. The molecule has 1 saturated heterocycles. The molecule has 0 aromatic carbocycles. The lowest BCUT2D eigenvalue weighted by Gasteiger charge is -2.28. The quantitative estimate of drug-likeness (QED) is 0.171. The molecule has 2 fully saturated rings. The van der Waals surface area contributed by atoms with Gasteiger partial charge in [0, 0.05) is 30.4 Å². The Morgan fingerprint density at radius 1 is 1.08 bits per heavy atom. The first-order chi connectivity index (χ1) is 22.5. The Kier molecular flexibility index (Phi) is 9.83. The second-order valence-corrected chi connectivity index (χ2v) is 14.5. The maximum absolute atomic E-state index is 13.1. The van der Waals surface area contributed by atoms with E-state index < -0.39 is 44.2 Å². The van der Waals surface area contributed by atoms with Crippen molar-refractivity contribution in [3.63, 3.8) is 0 Å². The topological polar surface area (TPSA) is 166 Å². The normalized spacial score (nSPS) is 18.4. The molecule has 2 N–H and O–H groups in total. The van der Waals surface area contributed by atoms with Crippen LogP contribution in [-0.4, -0.2) is 81.6 Å². The second-order valence-electron chi connectivity index (χ2n) is 12.5. The van der Waals surface area contributed by atoms with Gasteiger partial charge in [0.05, 0.1) is 24.2 Å². The number of hydrogen-bond donors (Lipinski definition) is 2. The molecule has 3 aromatic rings. The highest BCUT2D eigenvalue weighted by Gasteiger charge is 2.62. The molecule has 0 radical (unpaired) electrons. The van der Waals surface area contributed by atoms with E-state index >= 15 is 0 Å². The Hall–Kier alpha value is -4.12. The van der Waals surface area contributed by atoms with Crippen molar-refractivity contribution in [2.24, 2.45) is 11.3 Å². The van der Waals surface area contributed by atoms with Crippen LogP contribution in [0.3, 0.4) is 0 Å². The lowest BCUT2D eigenvalue weighted by molar-refractivity contribution is -0.190. The average molecular weight is 715 g/mol. The first-order valence-corrected chi connectivity index (χ1v) is 17.0. The van der Waals surface area contributed by atoms with Crippen molar-refractivity contribution in [3.8, 4) is 17.6 Å². The smallest absolute Gasteiger partial charge is 0.407 e. The largest absolute Gasteiger partial charge is 0.478 e. The van der Waals surface area contributed by atoms with Gasteiger partial charge in [-0.25, -0.2) is 19.2 Å². The number of alkyl halides is 3. The number of nitrogens with zero attached hydrogens (tertiary/aromatic N) is 5. The van der Waals surface area contributed by atoms with Gasteiger partial charge in [0.25, 0.3) is 15.9 Å². The molecule has 13 nitrogen and oxygen atoms in total. The highest BCUT2D eigenvalue weighted by atomic mass is 35.5. The molecule has 1 aliphatic carbocycles. The SMILES string of the molecule is CC1(C)C[C@H](CCCOc2cccc(S(=O)(=O)NC(=O)c3ccc(-n4ccc(OCCC5(C(F)(F)F)CC5)n4)nc3Cl)n2)CN1C(=O)O. The van der Waals surface area contributed by atoms with Gasteiger partial charge in [0.1, 0.15) is 5.15 Å². The number of carbonyl (C=O) groups excluding carboxylic acids is 1. The second kappa shape index (κ2) is 13.4.